The number of aromatic nitrogens is 2. The van der Waals surface area contributed by atoms with Crippen LogP contribution in [0.2, 0.25) is 0 Å². The minimum atomic E-state index is 0.261. The van der Waals surface area contributed by atoms with Crippen molar-refractivity contribution in [2.24, 2.45) is 11.7 Å². The summed E-state index contributed by atoms with van der Waals surface area (Å²) in [6.45, 7) is 7.47. The lowest BCUT2D eigenvalue weighted by molar-refractivity contribution is -0.119. The van der Waals surface area contributed by atoms with Crippen molar-refractivity contribution in [2.75, 3.05) is 6.54 Å². The lowest BCUT2D eigenvalue weighted by Gasteiger charge is -2.11. The molecular weight excluding hydrogens is 214 g/mol. The van der Waals surface area contributed by atoms with E-state index in [0.717, 1.165) is 24.4 Å². The number of nitrogens with zero attached hydrogens (tertiary/aromatic N) is 2. The van der Waals surface area contributed by atoms with E-state index >= 15 is 0 Å². The number of nitrogens with two attached hydrogens (primary N) is 1. The van der Waals surface area contributed by atoms with Crippen LogP contribution in [-0.2, 0) is 17.8 Å². The summed E-state index contributed by atoms with van der Waals surface area (Å²) in [5.41, 5.74) is 7.60. The van der Waals surface area contributed by atoms with Crippen LogP contribution in [0.5, 0.6) is 0 Å². The summed E-state index contributed by atoms with van der Waals surface area (Å²) in [6, 6.07) is 1.99. The molecule has 0 fully saturated rings. The Morgan fingerprint density at radius 2 is 2.24 bits per heavy atom. The summed E-state index contributed by atoms with van der Waals surface area (Å²) in [5.74, 6) is 0.582. The Kier molecular flexibility index (Phi) is 5.35. The van der Waals surface area contributed by atoms with Crippen molar-refractivity contribution < 1.29 is 4.79 Å². The molecule has 96 valence electrons. The fraction of sp³-hybridized carbons (Fsp3) is 0.692. The molecule has 1 heterocycles. The predicted octanol–water partition coefficient (Wildman–Crippen LogP) is 1.70. The third-order valence-corrected chi connectivity index (χ3v) is 3.09. The molecule has 0 spiro atoms. The first-order chi connectivity index (χ1) is 8.10. The van der Waals surface area contributed by atoms with Gasteiger partial charge >= 0.3 is 0 Å². The molecule has 2 N–H and O–H groups in total. The molecule has 0 saturated carbocycles. The van der Waals surface area contributed by atoms with Gasteiger partial charge in [-0.1, -0.05) is 13.3 Å². The number of rotatable bonds is 7. The van der Waals surface area contributed by atoms with Crippen LogP contribution in [0.25, 0.3) is 0 Å². The normalized spacial score (nSPS) is 12.7. The highest BCUT2D eigenvalue weighted by molar-refractivity contribution is 5.80. The number of Topliss-reactive ketones (excluding diaryl/α,β-unsaturated/α-hetero) is 1. The molecule has 1 aromatic heterocycles. The average molecular weight is 237 g/mol. The Morgan fingerprint density at radius 3 is 2.76 bits per heavy atom. The van der Waals surface area contributed by atoms with E-state index in [0.29, 0.717) is 25.3 Å². The van der Waals surface area contributed by atoms with Crippen LogP contribution in [0.4, 0.5) is 0 Å². The molecule has 0 amide bonds. The summed E-state index contributed by atoms with van der Waals surface area (Å²) < 4.78 is 1.90. The fourth-order valence-electron chi connectivity index (χ4n) is 2.01. The molecule has 0 aliphatic rings. The zero-order chi connectivity index (χ0) is 12.8. The number of hydrogen-bond acceptors (Lipinski definition) is 3. The average Bonchev–Trinajstić information content (AvgIpc) is 2.66. The molecule has 17 heavy (non-hydrogen) atoms. The first-order valence-corrected chi connectivity index (χ1v) is 6.35. The predicted molar refractivity (Wildman–Crippen MR) is 68.8 cm³/mol. The molecular formula is C13H23N3O. The lowest BCUT2D eigenvalue weighted by atomic mass is 9.98. The van der Waals surface area contributed by atoms with E-state index in [4.69, 9.17) is 5.73 Å². The van der Waals surface area contributed by atoms with E-state index in [-0.39, 0.29) is 5.78 Å². The molecule has 1 rings (SSSR count). The van der Waals surface area contributed by atoms with Gasteiger partial charge in [0, 0.05) is 25.1 Å². The van der Waals surface area contributed by atoms with E-state index in [1.54, 1.807) is 0 Å². The zero-order valence-corrected chi connectivity index (χ0v) is 11.1. The van der Waals surface area contributed by atoms with Gasteiger partial charge in [0.2, 0.25) is 0 Å². The first kappa shape index (κ1) is 13.9. The van der Waals surface area contributed by atoms with Gasteiger partial charge in [-0.15, -0.1) is 0 Å². The number of carbonyl (C=O) groups is 1. The monoisotopic (exact) mass is 237 g/mol. The molecule has 0 bridgehead atoms. The maximum Gasteiger partial charge on any atom is 0.139 e. The van der Waals surface area contributed by atoms with E-state index in [1.165, 1.54) is 0 Å². The van der Waals surface area contributed by atoms with Gasteiger partial charge in [0.1, 0.15) is 5.78 Å². The molecule has 0 aromatic carbocycles. The van der Waals surface area contributed by atoms with Crippen molar-refractivity contribution in [1.29, 1.82) is 0 Å². The smallest absolute Gasteiger partial charge is 0.139 e. The molecule has 0 aliphatic carbocycles. The second-order valence-electron chi connectivity index (χ2n) is 4.52. The van der Waals surface area contributed by atoms with Crippen LogP contribution in [-0.4, -0.2) is 22.1 Å². The Hall–Kier alpha value is -1.16. The van der Waals surface area contributed by atoms with Crippen LogP contribution in [0.15, 0.2) is 6.07 Å². The highest BCUT2D eigenvalue weighted by Crippen LogP contribution is 2.11. The highest BCUT2D eigenvalue weighted by atomic mass is 16.1. The largest absolute Gasteiger partial charge is 0.330 e. The van der Waals surface area contributed by atoms with E-state index in [9.17, 15) is 4.79 Å². The highest BCUT2D eigenvalue weighted by Gasteiger charge is 2.13. The van der Waals surface area contributed by atoms with Crippen molar-refractivity contribution in [2.45, 2.75) is 46.6 Å². The summed E-state index contributed by atoms with van der Waals surface area (Å²) in [4.78, 5) is 11.9. The quantitative estimate of drug-likeness (QED) is 0.785. The minimum Gasteiger partial charge on any atom is -0.330 e. The van der Waals surface area contributed by atoms with Crippen molar-refractivity contribution >= 4 is 5.78 Å². The van der Waals surface area contributed by atoms with Crippen LogP contribution < -0.4 is 5.73 Å². The second kappa shape index (κ2) is 6.55. The Bertz CT molecular complexity index is 367. The second-order valence-corrected chi connectivity index (χ2v) is 4.52. The van der Waals surface area contributed by atoms with Crippen molar-refractivity contribution in [3.05, 3.63) is 17.5 Å². The Balaban J connectivity index is 2.61. The van der Waals surface area contributed by atoms with Crippen LogP contribution >= 0.6 is 0 Å². The Morgan fingerprint density at radius 1 is 1.53 bits per heavy atom. The third kappa shape index (κ3) is 3.97. The van der Waals surface area contributed by atoms with Gasteiger partial charge in [-0.3, -0.25) is 9.48 Å². The molecule has 1 aromatic rings. The Labute approximate surface area is 103 Å². The molecule has 4 heteroatoms. The van der Waals surface area contributed by atoms with E-state index in [2.05, 4.69) is 12.0 Å². The van der Waals surface area contributed by atoms with Gasteiger partial charge in [-0.2, -0.15) is 5.10 Å². The summed E-state index contributed by atoms with van der Waals surface area (Å²) in [6.07, 6.45) is 2.03. The van der Waals surface area contributed by atoms with Crippen molar-refractivity contribution in [1.82, 2.24) is 9.78 Å². The van der Waals surface area contributed by atoms with E-state index in [1.807, 2.05) is 24.6 Å². The molecule has 0 saturated heterocycles. The number of aryl methyl sites for hydroxylation is 2. The van der Waals surface area contributed by atoms with Crippen LogP contribution in [0.3, 0.4) is 0 Å². The lowest BCUT2D eigenvalue weighted by Crippen LogP contribution is -2.19. The number of ketones is 1. The van der Waals surface area contributed by atoms with Crippen LogP contribution in [0, 0.1) is 12.8 Å². The maximum atomic E-state index is 11.9. The zero-order valence-electron chi connectivity index (χ0n) is 11.1. The fourth-order valence-corrected chi connectivity index (χ4v) is 2.01. The molecule has 1 atom stereocenters. The molecule has 4 nitrogen and oxygen atoms in total. The van der Waals surface area contributed by atoms with E-state index < -0.39 is 0 Å². The SMILES string of the molecule is CCC(CN)CC(=O)Cc1cc(C)nn1CC. The van der Waals surface area contributed by atoms with Gasteiger partial charge in [0.15, 0.2) is 0 Å². The molecule has 1 unspecified atom stereocenters. The summed E-state index contributed by atoms with van der Waals surface area (Å²) in [7, 11) is 0. The van der Waals surface area contributed by atoms with Gasteiger partial charge in [0.05, 0.1) is 5.69 Å². The third-order valence-electron chi connectivity index (χ3n) is 3.09. The summed E-state index contributed by atoms with van der Waals surface area (Å²) in [5, 5.41) is 4.34. The van der Waals surface area contributed by atoms with Crippen molar-refractivity contribution in [3.63, 3.8) is 0 Å². The number of hydrogen-bond donors (Lipinski definition) is 1. The first-order valence-electron chi connectivity index (χ1n) is 6.35. The topological polar surface area (TPSA) is 60.9 Å². The minimum absolute atomic E-state index is 0.261. The van der Waals surface area contributed by atoms with Gasteiger partial charge in [0.25, 0.3) is 0 Å². The summed E-state index contributed by atoms with van der Waals surface area (Å²) >= 11 is 0. The van der Waals surface area contributed by atoms with Crippen LogP contribution in [0.1, 0.15) is 38.1 Å². The van der Waals surface area contributed by atoms with Gasteiger partial charge in [-0.05, 0) is 32.4 Å². The van der Waals surface area contributed by atoms with Gasteiger partial charge < -0.3 is 5.73 Å². The molecule has 0 aliphatic heterocycles. The van der Waals surface area contributed by atoms with Crippen molar-refractivity contribution in [3.8, 4) is 0 Å². The maximum absolute atomic E-state index is 11.9. The number of carbonyl (C=O) groups excluding carboxylic acids is 1. The standard InChI is InChI=1S/C13H23N3O/c1-4-11(9-14)7-13(17)8-12-6-10(3)15-16(12)5-2/h6,11H,4-5,7-9,14H2,1-3H3. The van der Waals surface area contributed by atoms with Gasteiger partial charge in [-0.25, -0.2) is 0 Å². The molecule has 0 radical (unpaired) electrons.